The molecule has 1 nitrogen and oxygen atoms in total. The summed E-state index contributed by atoms with van der Waals surface area (Å²) in [6, 6.07) is 66.4. The highest BCUT2D eigenvalue weighted by molar-refractivity contribution is 6.31. The number of fused-ring (bicyclic) bond motifs is 20. The van der Waals surface area contributed by atoms with Crippen molar-refractivity contribution in [3.05, 3.63) is 198 Å². The molecule has 52 heavy (non-hydrogen) atoms. The molecule has 0 atom stereocenters. The molecule has 0 aliphatic heterocycles. The van der Waals surface area contributed by atoms with Gasteiger partial charge in [0, 0.05) is 21.5 Å². The third-order valence-corrected chi connectivity index (χ3v) is 12.5. The normalized spacial score (nSPS) is 13.9. The Hall–Kier alpha value is -6.70. The minimum absolute atomic E-state index is 0.378. The second-order valence-electron chi connectivity index (χ2n) is 14.8. The predicted molar refractivity (Wildman–Crippen MR) is 218 cm³/mol. The van der Waals surface area contributed by atoms with Gasteiger partial charge in [0.15, 0.2) is 0 Å². The summed E-state index contributed by atoms with van der Waals surface area (Å²) in [5.74, 6) is 0. The number of nitrogens with zero attached hydrogens (tertiary/aromatic N) is 1. The molecular formula is C51H29N. The summed E-state index contributed by atoms with van der Waals surface area (Å²) in [7, 11) is 0. The van der Waals surface area contributed by atoms with Gasteiger partial charge >= 0.3 is 0 Å². The molecule has 2 heterocycles. The van der Waals surface area contributed by atoms with Gasteiger partial charge in [-0.25, -0.2) is 0 Å². The first-order valence-corrected chi connectivity index (χ1v) is 18.3. The molecule has 0 saturated heterocycles. The molecule has 1 spiro atoms. The van der Waals surface area contributed by atoms with Crippen LogP contribution in [0.5, 0.6) is 0 Å². The van der Waals surface area contributed by atoms with Crippen LogP contribution in [0, 0.1) is 0 Å². The molecule has 0 unspecified atom stereocenters. The van der Waals surface area contributed by atoms with Gasteiger partial charge in [-0.1, -0.05) is 146 Å². The second kappa shape index (κ2) is 9.34. The first-order chi connectivity index (χ1) is 25.8. The first-order valence-electron chi connectivity index (χ1n) is 18.3. The van der Waals surface area contributed by atoms with Crippen LogP contribution in [0.4, 0.5) is 0 Å². The van der Waals surface area contributed by atoms with Gasteiger partial charge in [-0.3, -0.25) is 0 Å². The molecule has 2 aromatic heterocycles. The molecule has 238 valence electrons. The largest absolute Gasteiger partial charge is 0.308 e. The van der Waals surface area contributed by atoms with Gasteiger partial charge < -0.3 is 4.40 Å². The van der Waals surface area contributed by atoms with E-state index in [0.29, 0.717) is 0 Å². The van der Waals surface area contributed by atoms with Gasteiger partial charge in [-0.05, 0) is 108 Å². The Labute approximate surface area is 300 Å². The number of aromatic nitrogens is 1. The van der Waals surface area contributed by atoms with E-state index in [1.807, 2.05) is 0 Å². The molecule has 0 N–H and O–H groups in total. The highest BCUT2D eigenvalue weighted by Gasteiger charge is 2.52. The van der Waals surface area contributed by atoms with Crippen molar-refractivity contribution in [3.8, 4) is 33.4 Å². The number of para-hydroxylation sites is 1. The van der Waals surface area contributed by atoms with Gasteiger partial charge in [0.2, 0.25) is 0 Å². The van der Waals surface area contributed by atoms with E-state index in [4.69, 9.17) is 0 Å². The second-order valence-corrected chi connectivity index (χ2v) is 14.8. The maximum absolute atomic E-state index is 2.49. The van der Waals surface area contributed by atoms with Crippen LogP contribution in [0.1, 0.15) is 22.3 Å². The fraction of sp³-hybridized carbons (Fsp3) is 0.0196. The molecule has 9 aromatic carbocycles. The van der Waals surface area contributed by atoms with Crippen molar-refractivity contribution in [1.29, 1.82) is 0 Å². The molecule has 1 heteroatoms. The van der Waals surface area contributed by atoms with Crippen molar-refractivity contribution in [1.82, 2.24) is 4.40 Å². The van der Waals surface area contributed by atoms with Crippen LogP contribution in [0.25, 0.3) is 93.0 Å². The van der Waals surface area contributed by atoms with Crippen LogP contribution in [-0.4, -0.2) is 4.40 Å². The molecule has 0 bridgehead atoms. The molecule has 2 aliphatic carbocycles. The zero-order valence-corrected chi connectivity index (χ0v) is 28.2. The van der Waals surface area contributed by atoms with E-state index >= 15 is 0 Å². The van der Waals surface area contributed by atoms with E-state index in [0.717, 1.165) is 0 Å². The molecule has 0 saturated carbocycles. The molecule has 0 fully saturated rings. The smallest absolute Gasteiger partial charge is 0.0731 e. The van der Waals surface area contributed by atoms with Crippen molar-refractivity contribution in [3.63, 3.8) is 0 Å². The van der Waals surface area contributed by atoms with Crippen molar-refractivity contribution in [2.45, 2.75) is 5.41 Å². The Balaban J connectivity index is 1.11. The Bertz CT molecular complexity index is 3290. The lowest BCUT2D eigenvalue weighted by atomic mass is 9.69. The third-order valence-electron chi connectivity index (χ3n) is 12.5. The molecule has 13 rings (SSSR count). The van der Waals surface area contributed by atoms with Crippen molar-refractivity contribution in [2.24, 2.45) is 0 Å². The molecule has 0 radical (unpaired) electrons. The minimum Gasteiger partial charge on any atom is -0.308 e. The highest BCUT2D eigenvalue weighted by atomic mass is 14.9. The molecular weight excluding hydrogens is 627 g/mol. The van der Waals surface area contributed by atoms with Gasteiger partial charge in [0.25, 0.3) is 0 Å². The van der Waals surface area contributed by atoms with Crippen LogP contribution in [0.3, 0.4) is 0 Å². The van der Waals surface area contributed by atoms with E-state index in [9.17, 15) is 0 Å². The van der Waals surface area contributed by atoms with Crippen molar-refractivity contribution >= 4 is 59.6 Å². The highest BCUT2D eigenvalue weighted by Crippen LogP contribution is 2.64. The fourth-order valence-electron chi connectivity index (χ4n) is 10.5. The van der Waals surface area contributed by atoms with Crippen LogP contribution >= 0.6 is 0 Å². The predicted octanol–water partition coefficient (Wildman–Crippen LogP) is 13.2. The molecule has 0 amide bonds. The van der Waals surface area contributed by atoms with E-state index in [-0.39, 0.29) is 5.41 Å². The lowest BCUT2D eigenvalue weighted by Gasteiger charge is -2.31. The average molecular weight is 656 g/mol. The maximum atomic E-state index is 2.49. The van der Waals surface area contributed by atoms with Crippen LogP contribution in [-0.2, 0) is 5.41 Å². The summed E-state index contributed by atoms with van der Waals surface area (Å²) >= 11 is 0. The van der Waals surface area contributed by atoms with Gasteiger partial charge in [0.1, 0.15) is 0 Å². The van der Waals surface area contributed by atoms with Gasteiger partial charge in [-0.2, -0.15) is 0 Å². The van der Waals surface area contributed by atoms with Crippen molar-refractivity contribution < 1.29 is 0 Å². The van der Waals surface area contributed by atoms with Crippen molar-refractivity contribution in [2.75, 3.05) is 0 Å². The zero-order valence-electron chi connectivity index (χ0n) is 28.2. The molecule has 2 aliphatic rings. The Morgan fingerprint density at radius 3 is 1.65 bits per heavy atom. The summed E-state index contributed by atoms with van der Waals surface area (Å²) in [4.78, 5) is 0. The zero-order chi connectivity index (χ0) is 33.7. The lowest BCUT2D eigenvalue weighted by molar-refractivity contribution is 0.801. The average Bonchev–Trinajstić information content (AvgIpc) is 3.91. The summed E-state index contributed by atoms with van der Waals surface area (Å²) in [5.41, 5.74) is 16.9. The van der Waals surface area contributed by atoms with E-state index < -0.39 is 0 Å². The number of rotatable bonds is 1. The maximum Gasteiger partial charge on any atom is 0.0731 e. The van der Waals surface area contributed by atoms with Gasteiger partial charge in [0.05, 0.1) is 22.0 Å². The van der Waals surface area contributed by atoms with Crippen LogP contribution in [0.15, 0.2) is 176 Å². The van der Waals surface area contributed by atoms with Crippen LogP contribution < -0.4 is 0 Å². The minimum atomic E-state index is -0.378. The lowest BCUT2D eigenvalue weighted by Crippen LogP contribution is -2.26. The summed E-state index contributed by atoms with van der Waals surface area (Å²) in [5, 5.41) is 10.5. The quantitative estimate of drug-likeness (QED) is 0.166. The summed E-state index contributed by atoms with van der Waals surface area (Å²) < 4.78 is 2.49. The summed E-state index contributed by atoms with van der Waals surface area (Å²) in [6.45, 7) is 0. The number of benzene rings is 9. The van der Waals surface area contributed by atoms with Gasteiger partial charge in [-0.15, -0.1) is 0 Å². The number of hydrogen-bond acceptors (Lipinski definition) is 0. The number of hydrogen-bond donors (Lipinski definition) is 0. The van der Waals surface area contributed by atoms with E-state index in [1.54, 1.807) is 0 Å². The standard InChI is InChI=1S/C51H29N/c1-2-12-34-33(11-1)29-42-41-28-32(24-26-47(41)52-46-20-10-6-16-39(46)48(34)50(42)52)31-22-21-30-23-25-38-37-15-5-9-19-45(37)51(49(38)40(30)27-31)43-17-7-3-13-35(43)36-14-4-8-18-44(36)51/h1-29H. The SMILES string of the molecule is c1ccc2c(c1)-c1ccccc1C21c2ccccc2-c2ccc3ccc(-c4ccc5c(c4)c4cc6ccccc6c6c7ccccc7n5c46)cc3c21. The van der Waals surface area contributed by atoms with E-state index in [2.05, 4.69) is 180 Å². The molecule has 11 aromatic rings. The van der Waals surface area contributed by atoms with E-state index in [1.165, 1.54) is 115 Å². The fourth-order valence-corrected chi connectivity index (χ4v) is 10.5. The van der Waals surface area contributed by atoms with Crippen LogP contribution in [0.2, 0.25) is 0 Å². The monoisotopic (exact) mass is 655 g/mol. The Kier molecular flexibility index (Phi) is 4.86. The first kappa shape index (κ1) is 27.1. The summed E-state index contributed by atoms with van der Waals surface area (Å²) in [6.07, 6.45) is 0. The third kappa shape index (κ3) is 3.05. The Morgan fingerprint density at radius 2 is 0.904 bits per heavy atom. The Morgan fingerprint density at radius 1 is 0.346 bits per heavy atom. The topological polar surface area (TPSA) is 4.41 Å².